The van der Waals surface area contributed by atoms with E-state index in [0.717, 1.165) is 45.3 Å². The fraction of sp³-hybridized carbons (Fsp3) is 0.273. The molecule has 0 fully saturated rings. The summed E-state index contributed by atoms with van der Waals surface area (Å²) in [5, 5.41) is 9.71. The SMILES string of the molecule is COc1cccc(COC(=O)Nc2ccc(-c3cn[nH]c3)cc2SCCN(C)C)c1. The summed E-state index contributed by atoms with van der Waals surface area (Å²) in [6, 6.07) is 13.4. The molecule has 1 aromatic heterocycles. The van der Waals surface area contributed by atoms with E-state index in [-0.39, 0.29) is 6.61 Å². The highest BCUT2D eigenvalue weighted by Gasteiger charge is 2.11. The van der Waals surface area contributed by atoms with Crippen molar-refractivity contribution in [1.29, 1.82) is 0 Å². The van der Waals surface area contributed by atoms with Gasteiger partial charge in [0.2, 0.25) is 0 Å². The second kappa shape index (κ2) is 10.7. The zero-order chi connectivity index (χ0) is 21.3. The molecule has 0 saturated heterocycles. The van der Waals surface area contributed by atoms with Crippen LogP contribution in [-0.4, -0.2) is 54.7 Å². The monoisotopic (exact) mass is 426 g/mol. The Kier molecular flexibility index (Phi) is 7.75. The van der Waals surface area contributed by atoms with Crippen molar-refractivity contribution in [2.45, 2.75) is 11.5 Å². The van der Waals surface area contributed by atoms with Crippen LogP contribution in [-0.2, 0) is 11.3 Å². The van der Waals surface area contributed by atoms with Gasteiger partial charge in [-0.1, -0.05) is 18.2 Å². The average molecular weight is 427 g/mol. The molecule has 2 aromatic carbocycles. The summed E-state index contributed by atoms with van der Waals surface area (Å²) in [6.45, 7) is 1.10. The normalized spacial score (nSPS) is 10.8. The van der Waals surface area contributed by atoms with E-state index in [9.17, 15) is 4.79 Å². The zero-order valence-electron chi connectivity index (χ0n) is 17.3. The van der Waals surface area contributed by atoms with Gasteiger partial charge in [0.25, 0.3) is 0 Å². The molecule has 7 nitrogen and oxygen atoms in total. The Labute approximate surface area is 180 Å². The van der Waals surface area contributed by atoms with Crippen molar-refractivity contribution in [3.05, 3.63) is 60.4 Å². The lowest BCUT2D eigenvalue weighted by Gasteiger charge is -2.14. The number of ether oxygens (including phenoxy) is 2. The van der Waals surface area contributed by atoms with Crippen molar-refractivity contribution in [1.82, 2.24) is 15.1 Å². The smallest absolute Gasteiger partial charge is 0.411 e. The van der Waals surface area contributed by atoms with Crippen LogP contribution in [0, 0.1) is 0 Å². The van der Waals surface area contributed by atoms with Crippen LogP contribution in [0.3, 0.4) is 0 Å². The lowest BCUT2D eigenvalue weighted by atomic mass is 10.1. The number of carbonyl (C=O) groups is 1. The molecule has 1 amide bonds. The van der Waals surface area contributed by atoms with Crippen LogP contribution in [0.1, 0.15) is 5.56 Å². The Morgan fingerprint density at radius 3 is 2.80 bits per heavy atom. The Morgan fingerprint density at radius 1 is 1.20 bits per heavy atom. The lowest BCUT2D eigenvalue weighted by Crippen LogP contribution is -2.16. The van der Waals surface area contributed by atoms with Gasteiger partial charge in [-0.15, -0.1) is 11.8 Å². The van der Waals surface area contributed by atoms with Crippen molar-refractivity contribution in [3.63, 3.8) is 0 Å². The number of benzene rings is 2. The first-order valence-corrected chi connectivity index (χ1v) is 10.5. The fourth-order valence-electron chi connectivity index (χ4n) is 2.73. The van der Waals surface area contributed by atoms with Gasteiger partial charge in [-0.25, -0.2) is 4.79 Å². The highest BCUT2D eigenvalue weighted by molar-refractivity contribution is 7.99. The fourth-order valence-corrected chi connectivity index (χ4v) is 3.89. The second-order valence-electron chi connectivity index (χ2n) is 6.90. The van der Waals surface area contributed by atoms with Gasteiger partial charge >= 0.3 is 6.09 Å². The molecule has 158 valence electrons. The minimum atomic E-state index is -0.497. The summed E-state index contributed by atoms with van der Waals surface area (Å²) >= 11 is 1.69. The van der Waals surface area contributed by atoms with Gasteiger partial charge < -0.3 is 14.4 Å². The van der Waals surface area contributed by atoms with Crippen LogP contribution in [0.5, 0.6) is 5.75 Å². The van der Waals surface area contributed by atoms with Crippen LogP contribution in [0.4, 0.5) is 10.5 Å². The minimum Gasteiger partial charge on any atom is -0.497 e. The molecule has 1 heterocycles. The topological polar surface area (TPSA) is 79.5 Å². The number of aromatic nitrogens is 2. The van der Waals surface area contributed by atoms with Crippen molar-refractivity contribution >= 4 is 23.5 Å². The van der Waals surface area contributed by atoms with Gasteiger partial charge in [-0.05, 0) is 49.5 Å². The first-order valence-electron chi connectivity index (χ1n) is 9.52. The maximum Gasteiger partial charge on any atom is 0.411 e. The van der Waals surface area contributed by atoms with Crippen LogP contribution in [0.15, 0.2) is 59.8 Å². The molecule has 0 bridgehead atoms. The molecule has 0 aliphatic carbocycles. The molecule has 30 heavy (non-hydrogen) atoms. The van der Waals surface area contributed by atoms with Crippen molar-refractivity contribution < 1.29 is 14.3 Å². The van der Waals surface area contributed by atoms with E-state index in [4.69, 9.17) is 9.47 Å². The van der Waals surface area contributed by atoms with E-state index in [1.807, 2.05) is 56.7 Å². The number of H-pyrrole nitrogens is 1. The second-order valence-corrected chi connectivity index (χ2v) is 8.04. The van der Waals surface area contributed by atoms with Gasteiger partial charge in [0, 0.05) is 29.0 Å². The number of nitrogens with zero attached hydrogens (tertiary/aromatic N) is 2. The molecule has 0 aliphatic rings. The van der Waals surface area contributed by atoms with Crippen molar-refractivity contribution in [3.8, 4) is 16.9 Å². The average Bonchev–Trinajstić information content (AvgIpc) is 3.28. The molecule has 3 aromatic rings. The number of carbonyl (C=O) groups excluding carboxylic acids is 1. The molecule has 0 aliphatic heterocycles. The van der Waals surface area contributed by atoms with E-state index in [0.29, 0.717) is 0 Å². The zero-order valence-corrected chi connectivity index (χ0v) is 18.2. The Balaban J connectivity index is 1.68. The number of hydrogen-bond donors (Lipinski definition) is 2. The van der Waals surface area contributed by atoms with Gasteiger partial charge in [-0.2, -0.15) is 5.10 Å². The molecule has 0 radical (unpaired) electrons. The Morgan fingerprint density at radius 2 is 2.07 bits per heavy atom. The van der Waals surface area contributed by atoms with E-state index < -0.39 is 6.09 Å². The van der Waals surface area contributed by atoms with Crippen LogP contribution < -0.4 is 10.1 Å². The predicted octanol–water partition coefficient (Wildman–Crippen LogP) is 4.49. The van der Waals surface area contributed by atoms with Crippen molar-refractivity contribution in [2.75, 3.05) is 38.8 Å². The number of methoxy groups -OCH3 is 1. The summed E-state index contributed by atoms with van der Waals surface area (Å²) in [4.78, 5) is 15.5. The van der Waals surface area contributed by atoms with Crippen molar-refractivity contribution in [2.24, 2.45) is 0 Å². The lowest BCUT2D eigenvalue weighted by molar-refractivity contribution is 0.155. The Hall–Kier alpha value is -2.97. The third kappa shape index (κ3) is 6.27. The van der Waals surface area contributed by atoms with Gasteiger partial charge in [0.1, 0.15) is 12.4 Å². The number of rotatable bonds is 9. The maximum atomic E-state index is 12.4. The maximum absolute atomic E-state index is 12.4. The predicted molar refractivity (Wildman–Crippen MR) is 120 cm³/mol. The minimum absolute atomic E-state index is 0.166. The molecule has 8 heteroatoms. The standard InChI is InChI=1S/C22H26N4O3S/c1-26(2)9-10-30-21-12-17(18-13-23-24-14-18)7-8-20(21)25-22(27)29-15-16-5-4-6-19(11-16)28-3/h4-8,11-14H,9-10,15H2,1-3H3,(H,23,24)(H,25,27). The molecule has 0 unspecified atom stereocenters. The number of anilines is 1. The molecular weight excluding hydrogens is 400 g/mol. The molecule has 0 spiro atoms. The number of amides is 1. The summed E-state index contributed by atoms with van der Waals surface area (Å²) in [5.41, 5.74) is 3.62. The van der Waals surface area contributed by atoms with Gasteiger partial charge in [0.05, 0.1) is 19.0 Å². The molecule has 0 saturated carbocycles. The van der Waals surface area contributed by atoms with Gasteiger partial charge in [-0.3, -0.25) is 10.4 Å². The molecule has 2 N–H and O–H groups in total. The van der Waals surface area contributed by atoms with Crippen LogP contribution >= 0.6 is 11.8 Å². The molecule has 3 rings (SSSR count). The van der Waals surface area contributed by atoms with E-state index in [1.54, 1.807) is 25.1 Å². The van der Waals surface area contributed by atoms with E-state index >= 15 is 0 Å². The third-order valence-corrected chi connectivity index (χ3v) is 5.39. The van der Waals surface area contributed by atoms with Crippen LogP contribution in [0.25, 0.3) is 11.1 Å². The first-order chi connectivity index (χ1) is 14.5. The van der Waals surface area contributed by atoms with E-state index in [1.165, 1.54) is 0 Å². The first kappa shape index (κ1) is 21.7. The molecule has 0 atom stereocenters. The number of hydrogen-bond acceptors (Lipinski definition) is 6. The summed E-state index contributed by atoms with van der Waals surface area (Å²) in [6.07, 6.45) is 3.13. The summed E-state index contributed by atoms with van der Waals surface area (Å²) in [7, 11) is 5.69. The summed E-state index contributed by atoms with van der Waals surface area (Å²) < 4.78 is 10.6. The summed E-state index contributed by atoms with van der Waals surface area (Å²) in [5.74, 6) is 1.63. The highest BCUT2D eigenvalue weighted by atomic mass is 32.2. The number of thioether (sulfide) groups is 1. The number of aromatic amines is 1. The third-order valence-electron chi connectivity index (χ3n) is 4.35. The highest BCUT2D eigenvalue weighted by Crippen LogP contribution is 2.32. The quantitative estimate of drug-likeness (QED) is 0.491. The van der Waals surface area contributed by atoms with E-state index in [2.05, 4.69) is 26.5 Å². The number of nitrogens with one attached hydrogen (secondary N) is 2. The van der Waals surface area contributed by atoms with Gasteiger partial charge in [0.15, 0.2) is 0 Å². The van der Waals surface area contributed by atoms with Crippen LogP contribution in [0.2, 0.25) is 0 Å². The Bertz CT molecular complexity index is 961. The molecular formula is C22H26N4O3S. The largest absolute Gasteiger partial charge is 0.497 e.